The molecule has 25 heavy (non-hydrogen) atoms. The van der Waals surface area contributed by atoms with Gasteiger partial charge < -0.3 is 21.1 Å². The van der Waals surface area contributed by atoms with Crippen molar-refractivity contribution in [1.82, 2.24) is 14.7 Å². The number of primary amides is 1. The van der Waals surface area contributed by atoms with Crippen LogP contribution >= 0.6 is 0 Å². The highest BCUT2D eigenvalue weighted by atomic mass is 16.5. The first kappa shape index (κ1) is 17.7. The maximum absolute atomic E-state index is 11.8. The Morgan fingerprint density at radius 3 is 2.76 bits per heavy atom. The molecule has 136 valence electrons. The van der Waals surface area contributed by atoms with E-state index >= 15 is 0 Å². The molecule has 1 saturated heterocycles. The summed E-state index contributed by atoms with van der Waals surface area (Å²) in [5.41, 5.74) is 12.3. The topological polar surface area (TPSA) is 99.4 Å². The Balaban J connectivity index is 1.75. The van der Waals surface area contributed by atoms with Crippen LogP contribution in [0.5, 0.6) is 5.75 Å². The highest BCUT2D eigenvalue weighted by Gasteiger charge is 2.22. The standard InChI is InChI=1S/C18H27N5O2/c1-25-14-3-4-16-15(11-14)17(18(20)24)21-23(16)12-13-5-9-22(10-6-13)8-2-7-19/h3-4,11,13H,2,5-10,12,19H2,1H3,(H2,20,24). The average molecular weight is 345 g/mol. The van der Waals surface area contributed by atoms with E-state index in [9.17, 15) is 4.79 Å². The van der Waals surface area contributed by atoms with Gasteiger partial charge in [0.15, 0.2) is 5.69 Å². The molecule has 1 aliphatic heterocycles. The zero-order valence-corrected chi connectivity index (χ0v) is 14.8. The van der Waals surface area contributed by atoms with Gasteiger partial charge in [0.1, 0.15) is 5.75 Å². The van der Waals surface area contributed by atoms with Crippen molar-refractivity contribution >= 4 is 16.8 Å². The predicted molar refractivity (Wildman–Crippen MR) is 97.6 cm³/mol. The van der Waals surface area contributed by atoms with Crippen molar-refractivity contribution < 1.29 is 9.53 Å². The van der Waals surface area contributed by atoms with Crippen LogP contribution in [-0.4, -0.2) is 53.9 Å². The number of hydrogen-bond donors (Lipinski definition) is 2. The summed E-state index contributed by atoms with van der Waals surface area (Å²) in [6.07, 6.45) is 3.32. The van der Waals surface area contributed by atoms with E-state index in [-0.39, 0.29) is 0 Å². The van der Waals surface area contributed by atoms with E-state index in [1.807, 2.05) is 22.9 Å². The van der Waals surface area contributed by atoms with Gasteiger partial charge in [0, 0.05) is 11.9 Å². The number of aromatic nitrogens is 2. The minimum Gasteiger partial charge on any atom is -0.497 e. The van der Waals surface area contributed by atoms with Gasteiger partial charge in [-0.2, -0.15) is 5.10 Å². The molecule has 1 aromatic heterocycles. The summed E-state index contributed by atoms with van der Waals surface area (Å²) >= 11 is 0. The molecule has 1 aromatic carbocycles. The minimum absolute atomic E-state index is 0.314. The Kier molecular flexibility index (Phi) is 5.55. The van der Waals surface area contributed by atoms with Crippen LogP contribution < -0.4 is 16.2 Å². The van der Waals surface area contributed by atoms with Gasteiger partial charge in [-0.25, -0.2) is 0 Å². The first-order valence-corrected chi connectivity index (χ1v) is 8.89. The number of rotatable bonds is 7. The molecule has 4 N–H and O–H groups in total. The van der Waals surface area contributed by atoms with Gasteiger partial charge in [-0.05, 0) is 69.6 Å². The molecule has 1 fully saturated rings. The number of nitrogens with two attached hydrogens (primary N) is 2. The lowest BCUT2D eigenvalue weighted by atomic mass is 9.96. The fraction of sp³-hybridized carbons (Fsp3) is 0.556. The van der Waals surface area contributed by atoms with Crippen LogP contribution in [0.15, 0.2) is 18.2 Å². The van der Waals surface area contributed by atoms with Crippen LogP contribution in [0.25, 0.3) is 10.9 Å². The van der Waals surface area contributed by atoms with Crippen molar-refractivity contribution in [2.24, 2.45) is 17.4 Å². The van der Waals surface area contributed by atoms with Crippen molar-refractivity contribution in [3.8, 4) is 5.75 Å². The molecule has 7 heteroatoms. The largest absolute Gasteiger partial charge is 0.497 e. The van der Waals surface area contributed by atoms with Crippen molar-refractivity contribution in [2.45, 2.75) is 25.8 Å². The number of piperidine rings is 1. The maximum Gasteiger partial charge on any atom is 0.269 e. The molecule has 0 bridgehead atoms. The summed E-state index contributed by atoms with van der Waals surface area (Å²) in [4.78, 5) is 14.2. The summed E-state index contributed by atoms with van der Waals surface area (Å²) in [6, 6.07) is 5.67. The Morgan fingerprint density at radius 1 is 1.36 bits per heavy atom. The van der Waals surface area contributed by atoms with Crippen LogP contribution in [0, 0.1) is 5.92 Å². The number of methoxy groups -OCH3 is 1. The first-order valence-electron chi connectivity index (χ1n) is 8.89. The van der Waals surface area contributed by atoms with E-state index in [0.29, 0.717) is 17.4 Å². The number of carbonyl (C=O) groups excluding carboxylic acids is 1. The Labute approximate surface area is 147 Å². The SMILES string of the molecule is COc1ccc2c(c1)c(C(N)=O)nn2CC1CCN(CCCN)CC1. The van der Waals surface area contributed by atoms with Gasteiger partial charge in [0.2, 0.25) is 0 Å². The average Bonchev–Trinajstić information content (AvgIpc) is 2.99. The van der Waals surface area contributed by atoms with Gasteiger partial charge in [-0.1, -0.05) is 0 Å². The third-order valence-corrected chi connectivity index (χ3v) is 5.01. The van der Waals surface area contributed by atoms with Crippen LogP contribution in [0.3, 0.4) is 0 Å². The zero-order chi connectivity index (χ0) is 17.8. The number of ether oxygens (including phenoxy) is 1. The number of carbonyl (C=O) groups is 1. The lowest BCUT2D eigenvalue weighted by molar-refractivity contribution is 0.0995. The molecular weight excluding hydrogens is 318 g/mol. The number of benzene rings is 1. The summed E-state index contributed by atoms with van der Waals surface area (Å²) in [5, 5.41) is 5.24. The zero-order valence-electron chi connectivity index (χ0n) is 14.8. The number of nitrogens with zero attached hydrogens (tertiary/aromatic N) is 3. The fourth-order valence-corrected chi connectivity index (χ4v) is 3.56. The van der Waals surface area contributed by atoms with Crippen molar-refractivity contribution in [3.05, 3.63) is 23.9 Å². The molecule has 0 radical (unpaired) electrons. The lowest BCUT2D eigenvalue weighted by Gasteiger charge is -2.31. The minimum atomic E-state index is -0.506. The molecule has 0 spiro atoms. The Bertz CT molecular complexity index is 734. The smallest absolute Gasteiger partial charge is 0.269 e. The second kappa shape index (κ2) is 7.84. The number of hydrogen-bond acceptors (Lipinski definition) is 5. The predicted octanol–water partition coefficient (Wildman–Crippen LogP) is 1.20. The van der Waals surface area contributed by atoms with Crippen molar-refractivity contribution in [3.63, 3.8) is 0 Å². The third-order valence-electron chi connectivity index (χ3n) is 5.01. The summed E-state index contributed by atoms with van der Waals surface area (Å²) in [6.45, 7) is 4.83. The highest BCUT2D eigenvalue weighted by Crippen LogP contribution is 2.26. The van der Waals surface area contributed by atoms with Crippen LogP contribution in [0.4, 0.5) is 0 Å². The van der Waals surface area contributed by atoms with Crippen molar-refractivity contribution in [2.75, 3.05) is 33.3 Å². The number of likely N-dealkylation sites (tertiary alicyclic amines) is 1. The molecule has 0 aliphatic carbocycles. The maximum atomic E-state index is 11.8. The first-order chi connectivity index (χ1) is 12.1. The fourth-order valence-electron chi connectivity index (χ4n) is 3.56. The second-order valence-corrected chi connectivity index (χ2v) is 6.71. The monoisotopic (exact) mass is 345 g/mol. The normalized spacial score (nSPS) is 16.4. The highest BCUT2D eigenvalue weighted by molar-refractivity contribution is 6.04. The van der Waals surface area contributed by atoms with E-state index in [4.69, 9.17) is 16.2 Å². The molecule has 0 atom stereocenters. The van der Waals surface area contributed by atoms with E-state index in [0.717, 1.165) is 62.9 Å². The molecule has 2 aromatic rings. The van der Waals surface area contributed by atoms with E-state index < -0.39 is 5.91 Å². The van der Waals surface area contributed by atoms with Crippen molar-refractivity contribution in [1.29, 1.82) is 0 Å². The van der Waals surface area contributed by atoms with Crippen LogP contribution in [0.2, 0.25) is 0 Å². The van der Waals surface area contributed by atoms with Gasteiger partial charge in [-0.3, -0.25) is 9.48 Å². The molecular formula is C18H27N5O2. The molecule has 0 unspecified atom stereocenters. The van der Waals surface area contributed by atoms with Gasteiger partial charge >= 0.3 is 0 Å². The summed E-state index contributed by atoms with van der Waals surface area (Å²) in [7, 11) is 1.61. The number of fused-ring (bicyclic) bond motifs is 1. The van der Waals surface area contributed by atoms with Crippen LogP contribution in [-0.2, 0) is 6.54 Å². The van der Waals surface area contributed by atoms with Gasteiger partial charge in [-0.15, -0.1) is 0 Å². The Morgan fingerprint density at radius 2 is 2.12 bits per heavy atom. The Hall–Kier alpha value is -2.12. The van der Waals surface area contributed by atoms with E-state index in [1.165, 1.54) is 0 Å². The molecule has 7 nitrogen and oxygen atoms in total. The summed E-state index contributed by atoms with van der Waals surface area (Å²) < 4.78 is 7.18. The molecule has 3 rings (SSSR count). The molecule has 2 heterocycles. The van der Waals surface area contributed by atoms with Crippen LogP contribution in [0.1, 0.15) is 29.8 Å². The van der Waals surface area contributed by atoms with Gasteiger partial charge in [0.25, 0.3) is 5.91 Å². The quantitative estimate of drug-likeness (QED) is 0.786. The summed E-state index contributed by atoms with van der Waals surface area (Å²) in [5.74, 6) is 0.747. The van der Waals surface area contributed by atoms with Gasteiger partial charge in [0.05, 0.1) is 12.6 Å². The van der Waals surface area contributed by atoms with E-state index in [2.05, 4.69) is 10.00 Å². The second-order valence-electron chi connectivity index (χ2n) is 6.71. The van der Waals surface area contributed by atoms with E-state index in [1.54, 1.807) is 7.11 Å². The molecule has 1 amide bonds. The molecule has 0 saturated carbocycles. The third kappa shape index (κ3) is 3.93. The molecule has 1 aliphatic rings. The number of amides is 1. The lowest BCUT2D eigenvalue weighted by Crippen LogP contribution is -2.36.